The predicted octanol–water partition coefficient (Wildman–Crippen LogP) is 3.06. The summed E-state index contributed by atoms with van der Waals surface area (Å²) in [6, 6.07) is 18.6. The third-order valence-electron chi connectivity index (χ3n) is 4.84. The van der Waals surface area contributed by atoms with Crippen molar-refractivity contribution >= 4 is 0 Å². The van der Waals surface area contributed by atoms with Crippen LogP contribution in [0.25, 0.3) is 0 Å². The summed E-state index contributed by atoms with van der Waals surface area (Å²) in [4.78, 5) is 2.37. The van der Waals surface area contributed by atoms with Gasteiger partial charge in [0.1, 0.15) is 5.75 Å². The lowest BCUT2D eigenvalue weighted by atomic mass is 10.1. The first kappa shape index (κ1) is 17.9. The fourth-order valence-electron chi connectivity index (χ4n) is 3.33. The van der Waals surface area contributed by atoms with E-state index in [4.69, 9.17) is 9.47 Å². The molecule has 2 atom stereocenters. The summed E-state index contributed by atoms with van der Waals surface area (Å²) in [6.07, 6.45) is 1.47. The molecule has 0 bridgehead atoms. The van der Waals surface area contributed by atoms with Gasteiger partial charge in [0.25, 0.3) is 0 Å². The Morgan fingerprint density at radius 2 is 2.04 bits per heavy atom. The zero-order valence-electron chi connectivity index (χ0n) is 14.8. The van der Waals surface area contributed by atoms with Gasteiger partial charge in [-0.25, -0.2) is 0 Å². The SMILES string of the molecule is COc1cccc(C(O)CN(CCc2ccccc2)C2CCOC2)c1. The topological polar surface area (TPSA) is 41.9 Å². The number of rotatable bonds is 8. The Kier molecular flexibility index (Phi) is 6.45. The average molecular weight is 341 g/mol. The van der Waals surface area contributed by atoms with Gasteiger partial charge in [-0.15, -0.1) is 0 Å². The van der Waals surface area contributed by atoms with E-state index in [2.05, 4.69) is 29.2 Å². The number of hydrogen-bond acceptors (Lipinski definition) is 4. The van der Waals surface area contributed by atoms with Gasteiger partial charge in [0, 0.05) is 25.7 Å². The Morgan fingerprint density at radius 3 is 2.76 bits per heavy atom. The number of ether oxygens (including phenoxy) is 2. The highest BCUT2D eigenvalue weighted by Gasteiger charge is 2.25. The van der Waals surface area contributed by atoms with Crippen molar-refractivity contribution in [3.63, 3.8) is 0 Å². The Labute approximate surface area is 150 Å². The van der Waals surface area contributed by atoms with Crippen LogP contribution in [-0.4, -0.2) is 49.5 Å². The zero-order chi connectivity index (χ0) is 17.5. The summed E-state index contributed by atoms with van der Waals surface area (Å²) in [5.41, 5.74) is 2.21. The van der Waals surface area contributed by atoms with Crippen molar-refractivity contribution in [1.29, 1.82) is 0 Å². The molecule has 4 heteroatoms. The number of aliphatic hydroxyl groups is 1. The largest absolute Gasteiger partial charge is 0.497 e. The van der Waals surface area contributed by atoms with E-state index in [0.29, 0.717) is 12.6 Å². The van der Waals surface area contributed by atoms with E-state index >= 15 is 0 Å². The van der Waals surface area contributed by atoms with E-state index < -0.39 is 6.10 Å². The lowest BCUT2D eigenvalue weighted by Gasteiger charge is -2.30. The molecule has 0 spiro atoms. The highest BCUT2D eigenvalue weighted by molar-refractivity contribution is 5.30. The molecule has 1 aliphatic heterocycles. The fraction of sp³-hybridized carbons (Fsp3) is 0.429. The van der Waals surface area contributed by atoms with Crippen molar-refractivity contribution in [3.05, 3.63) is 65.7 Å². The molecule has 0 saturated carbocycles. The molecule has 0 amide bonds. The maximum atomic E-state index is 10.7. The van der Waals surface area contributed by atoms with Gasteiger partial charge in [0.05, 0.1) is 19.8 Å². The van der Waals surface area contributed by atoms with Crippen LogP contribution in [0.4, 0.5) is 0 Å². The van der Waals surface area contributed by atoms with Crippen LogP contribution in [0.1, 0.15) is 23.7 Å². The van der Waals surface area contributed by atoms with Crippen molar-refractivity contribution in [1.82, 2.24) is 4.90 Å². The fourth-order valence-corrected chi connectivity index (χ4v) is 3.33. The summed E-state index contributed by atoms with van der Waals surface area (Å²) in [6.45, 7) is 3.08. The Bertz CT molecular complexity index is 641. The molecule has 0 aliphatic carbocycles. The maximum absolute atomic E-state index is 10.7. The highest BCUT2D eigenvalue weighted by atomic mass is 16.5. The van der Waals surface area contributed by atoms with E-state index in [0.717, 1.165) is 43.9 Å². The van der Waals surface area contributed by atoms with Crippen LogP contribution in [0.3, 0.4) is 0 Å². The second kappa shape index (κ2) is 8.99. The lowest BCUT2D eigenvalue weighted by molar-refractivity contribution is 0.0787. The first-order valence-electron chi connectivity index (χ1n) is 8.94. The molecular formula is C21H27NO3. The minimum absolute atomic E-state index is 0.379. The van der Waals surface area contributed by atoms with Crippen LogP contribution in [0, 0.1) is 0 Å². The van der Waals surface area contributed by atoms with Crippen LogP contribution in [0.5, 0.6) is 5.75 Å². The van der Waals surface area contributed by atoms with Gasteiger partial charge in [-0.1, -0.05) is 42.5 Å². The molecule has 0 aromatic heterocycles. The molecule has 4 nitrogen and oxygen atoms in total. The van der Waals surface area contributed by atoms with Crippen LogP contribution in [0.15, 0.2) is 54.6 Å². The maximum Gasteiger partial charge on any atom is 0.119 e. The van der Waals surface area contributed by atoms with Gasteiger partial charge in [0.15, 0.2) is 0 Å². The molecule has 1 aliphatic rings. The Hall–Kier alpha value is -1.88. The number of aliphatic hydroxyl groups excluding tert-OH is 1. The van der Waals surface area contributed by atoms with Crippen LogP contribution in [0.2, 0.25) is 0 Å². The van der Waals surface area contributed by atoms with Crippen molar-refractivity contribution in [2.24, 2.45) is 0 Å². The summed E-state index contributed by atoms with van der Waals surface area (Å²) in [5, 5.41) is 10.7. The van der Waals surface area contributed by atoms with Gasteiger partial charge in [0.2, 0.25) is 0 Å². The standard InChI is InChI=1S/C21H27NO3/c1-24-20-9-5-8-18(14-20)21(23)15-22(19-11-13-25-16-19)12-10-17-6-3-2-4-7-17/h2-9,14,19,21,23H,10-13,15-16H2,1H3. The van der Waals surface area contributed by atoms with Gasteiger partial charge in [-0.3, -0.25) is 4.90 Å². The molecule has 2 aromatic carbocycles. The highest BCUT2D eigenvalue weighted by Crippen LogP contribution is 2.22. The number of methoxy groups -OCH3 is 1. The van der Waals surface area contributed by atoms with E-state index in [1.54, 1.807) is 7.11 Å². The molecule has 134 valence electrons. The number of hydrogen-bond donors (Lipinski definition) is 1. The number of benzene rings is 2. The van der Waals surface area contributed by atoms with Crippen molar-refractivity contribution in [2.45, 2.75) is 25.0 Å². The monoisotopic (exact) mass is 341 g/mol. The minimum atomic E-state index is -0.536. The third-order valence-corrected chi connectivity index (χ3v) is 4.84. The lowest BCUT2D eigenvalue weighted by Crippen LogP contribution is -2.40. The van der Waals surface area contributed by atoms with Crippen LogP contribution in [-0.2, 0) is 11.2 Å². The molecule has 2 unspecified atom stereocenters. The summed E-state index contributed by atoms with van der Waals surface area (Å²) in [7, 11) is 1.65. The molecule has 2 aromatic rings. The molecule has 0 radical (unpaired) electrons. The van der Waals surface area contributed by atoms with Crippen LogP contribution >= 0.6 is 0 Å². The van der Waals surface area contributed by atoms with E-state index in [1.807, 2.05) is 30.3 Å². The third kappa shape index (κ3) is 5.05. The Morgan fingerprint density at radius 1 is 1.20 bits per heavy atom. The summed E-state index contributed by atoms with van der Waals surface area (Å²) in [5.74, 6) is 0.775. The van der Waals surface area contributed by atoms with E-state index in [1.165, 1.54) is 5.56 Å². The predicted molar refractivity (Wildman–Crippen MR) is 98.9 cm³/mol. The van der Waals surface area contributed by atoms with Crippen LogP contribution < -0.4 is 4.74 Å². The van der Waals surface area contributed by atoms with Gasteiger partial charge < -0.3 is 14.6 Å². The van der Waals surface area contributed by atoms with E-state index in [-0.39, 0.29) is 0 Å². The molecule has 1 saturated heterocycles. The van der Waals surface area contributed by atoms with Crippen molar-refractivity contribution < 1.29 is 14.6 Å². The molecule has 1 heterocycles. The second-order valence-corrected chi connectivity index (χ2v) is 6.54. The number of nitrogens with zero attached hydrogens (tertiary/aromatic N) is 1. The molecule has 1 N–H and O–H groups in total. The minimum Gasteiger partial charge on any atom is -0.497 e. The van der Waals surface area contributed by atoms with Gasteiger partial charge in [-0.2, -0.15) is 0 Å². The summed E-state index contributed by atoms with van der Waals surface area (Å²) < 4.78 is 10.8. The normalized spacial score (nSPS) is 18.4. The molecule has 25 heavy (non-hydrogen) atoms. The summed E-state index contributed by atoms with van der Waals surface area (Å²) >= 11 is 0. The van der Waals surface area contributed by atoms with Crippen molar-refractivity contribution in [2.75, 3.05) is 33.4 Å². The first-order valence-corrected chi connectivity index (χ1v) is 8.94. The molecular weight excluding hydrogens is 314 g/mol. The first-order chi connectivity index (χ1) is 12.3. The second-order valence-electron chi connectivity index (χ2n) is 6.54. The smallest absolute Gasteiger partial charge is 0.119 e. The van der Waals surface area contributed by atoms with Gasteiger partial charge >= 0.3 is 0 Å². The van der Waals surface area contributed by atoms with Crippen molar-refractivity contribution in [3.8, 4) is 5.75 Å². The molecule has 1 fully saturated rings. The van der Waals surface area contributed by atoms with E-state index in [9.17, 15) is 5.11 Å². The quantitative estimate of drug-likeness (QED) is 0.801. The van der Waals surface area contributed by atoms with Gasteiger partial charge in [-0.05, 0) is 36.1 Å². The Balaban J connectivity index is 1.66. The zero-order valence-corrected chi connectivity index (χ0v) is 14.8. The average Bonchev–Trinajstić information content (AvgIpc) is 3.20. The molecule has 3 rings (SSSR count).